The largest absolute Gasteiger partial charge is 0.490 e. The zero-order chi connectivity index (χ0) is 25.1. The molecular weight excluding hydrogens is 462 g/mol. The van der Waals surface area contributed by atoms with E-state index in [1.54, 1.807) is 17.0 Å². The van der Waals surface area contributed by atoms with E-state index in [2.05, 4.69) is 10.1 Å². The number of alkyl halides is 3. The van der Waals surface area contributed by atoms with Crippen molar-refractivity contribution < 1.29 is 41.5 Å². The number of benzene rings is 1. The number of hydrogen-bond donors (Lipinski definition) is 1. The van der Waals surface area contributed by atoms with Crippen LogP contribution in [0.1, 0.15) is 23.4 Å². The molecule has 1 atom stereocenters. The average molecular weight is 487 g/mol. The van der Waals surface area contributed by atoms with E-state index in [1.807, 2.05) is 13.8 Å². The van der Waals surface area contributed by atoms with Crippen LogP contribution in [-0.4, -0.2) is 66.1 Å². The molecule has 1 N–H and O–H groups in total. The Bertz CT molecular complexity index is 1010. The molecule has 0 radical (unpaired) electrons. The lowest BCUT2D eigenvalue weighted by molar-refractivity contribution is -0.192. The Morgan fingerprint density at radius 2 is 1.85 bits per heavy atom. The molecule has 1 spiro atoms. The maximum Gasteiger partial charge on any atom is 0.490 e. The highest BCUT2D eigenvalue weighted by Gasteiger charge is 2.46. The summed E-state index contributed by atoms with van der Waals surface area (Å²) in [6.07, 6.45) is -4.65. The van der Waals surface area contributed by atoms with Gasteiger partial charge in [-0.25, -0.2) is 9.18 Å². The fourth-order valence-electron chi connectivity index (χ4n) is 4.12. The molecule has 2 aliphatic heterocycles. The van der Waals surface area contributed by atoms with Crippen LogP contribution in [0.3, 0.4) is 0 Å². The zero-order valence-corrected chi connectivity index (χ0v) is 18.7. The van der Waals surface area contributed by atoms with Gasteiger partial charge in [0, 0.05) is 49.3 Å². The summed E-state index contributed by atoms with van der Waals surface area (Å²) in [6.45, 7) is 7.94. The number of carboxylic acid groups (broad SMARTS) is 1. The summed E-state index contributed by atoms with van der Waals surface area (Å²) in [5, 5.41) is 11.2. The summed E-state index contributed by atoms with van der Waals surface area (Å²) in [6, 6.07) is 6.10. The molecule has 0 saturated carbocycles. The number of ether oxygens (including phenoxy) is 1. The fourth-order valence-corrected chi connectivity index (χ4v) is 4.12. The Morgan fingerprint density at radius 1 is 1.21 bits per heavy atom. The zero-order valence-electron chi connectivity index (χ0n) is 18.7. The molecule has 186 valence electrons. The van der Waals surface area contributed by atoms with Crippen LogP contribution in [0.25, 0.3) is 0 Å². The molecule has 2 fully saturated rings. The number of anilines is 1. The Balaban J connectivity index is 0.000000406. The highest BCUT2D eigenvalue weighted by atomic mass is 19.4. The van der Waals surface area contributed by atoms with Crippen LogP contribution in [0, 0.1) is 25.1 Å². The third-order valence-electron chi connectivity index (χ3n) is 5.78. The lowest BCUT2D eigenvalue weighted by atomic mass is 9.87. The maximum atomic E-state index is 13.2. The van der Waals surface area contributed by atoms with E-state index in [9.17, 15) is 22.4 Å². The van der Waals surface area contributed by atoms with Gasteiger partial charge in [-0.05, 0) is 38.1 Å². The normalized spacial score (nSPS) is 21.4. The first-order chi connectivity index (χ1) is 15.9. The number of carboxylic acids is 1. The summed E-state index contributed by atoms with van der Waals surface area (Å²) < 4.78 is 56.1. The Morgan fingerprint density at radius 3 is 2.41 bits per heavy atom. The summed E-state index contributed by atoms with van der Waals surface area (Å²) in [5.41, 5.74) is 2.48. The number of hydrogen-bond acceptors (Lipinski definition) is 6. The minimum atomic E-state index is -5.08. The van der Waals surface area contributed by atoms with E-state index >= 15 is 0 Å². The van der Waals surface area contributed by atoms with Gasteiger partial charge < -0.3 is 19.3 Å². The molecule has 1 aromatic heterocycles. The first-order valence-electron chi connectivity index (χ1n) is 10.5. The van der Waals surface area contributed by atoms with Crippen LogP contribution in [0.15, 0.2) is 28.8 Å². The van der Waals surface area contributed by atoms with Crippen molar-refractivity contribution in [2.45, 2.75) is 33.0 Å². The van der Waals surface area contributed by atoms with Crippen LogP contribution in [-0.2, 0) is 20.9 Å². The van der Waals surface area contributed by atoms with Gasteiger partial charge in [0.15, 0.2) is 0 Å². The number of rotatable bonds is 3. The molecule has 1 amide bonds. The van der Waals surface area contributed by atoms with Gasteiger partial charge in [-0.2, -0.15) is 13.2 Å². The number of aryl methyl sites for hydroxylation is 2. The molecule has 3 heterocycles. The summed E-state index contributed by atoms with van der Waals surface area (Å²) in [7, 11) is 0. The fraction of sp³-hybridized carbons (Fsp3) is 0.500. The Kier molecular flexibility index (Phi) is 7.61. The third-order valence-corrected chi connectivity index (χ3v) is 5.78. The third kappa shape index (κ3) is 6.11. The SMILES string of the molecule is Cc1noc(C)c1CN1CCOCC2(CC(=O)N(c3ccc(F)cc3)C2)C1.O=C(O)C(F)(F)F. The van der Waals surface area contributed by atoms with Gasteiger partial charge in [-0.3, -0.25) is 9.69 Å². The first kappa shape index (κ1) is 25.6. The molecule has 2 saturated heterocycles. The molecule has 1 aromatic carbocycles. The second-order valence-electron chi connectivity index (χ2n) is 8.50. The minimum absolute atomic E-state index is 0.0596. The topological polar surface area (TPSA) is 96.1 Å². The number of nitrogens with zero attached hydrogens (tertiary/aromatic N) is 3. The molecule has 0 aliphatic carbocycles. The van der Waals surface area contributed by atoms with Gasteiger partial charge in [0.25, 0.3) is 0 Å². The number of halogens is 4. The van der Waals surface area contributed by atoms with Crippen molar-refractivity contribution in [3.8, 4) is 0 Å². The Labute approximate surface area is 193 Å². The molecule has 2 aliphatic rings. The molecule has 0 bridgehead atoms. The van der Waals surface area contributed by atoms with Crippen LogP contribution in [0.2, 0.25) is 0 Å². The summed E-state index contributed by atoms with van der Waals surface area (Å²) in [4.78, 5) is 25.7. The quantitative estimate of drug-likeness (QED) is 0.664. The predicted octanol–water partition coefficient (Wildman–Crippen LogP) is 3.32. The molecule has 2 aromatic rings. The minimum Gasteiger partial charge on any atom is -0.475 e. The van der Waals surface area contributed by atoms with Crippen molar-refractivity contribution in [2.24, 2.45) is 5.41 Å². The van der Waals surface area contributed by atoms with Gasteiger partial charge in [0.05, 0.1) is 18.9 Å². The van der Waals surface area contributed by atoms with Crippen molar-refractivity contribution in [1.82, 2.24) is 10.1 Å². The first-order valence-corrected chi connectivity index (χ1v) is 10.5. The smallest absolute Gasteiger partial charge is 0.475 e. The number of aromatic nitrogens is 1. The lowest BCUT2D eigenvalue weighted by Gasteiger charge is -2.31. The number of carbonyl (C=O) groups is 2. The van der Waals surface area contributed by atoms with E-state index in [1.165, 1.54) is 12.1 Å². The van der Waals surface area contributed by atoms with Crippen molar-refractivity contribution in [1.29, 1.82) is 0 Å². The van der Waals surface area contributed by atoms with Crippen LogP contribution < -0.4 is 4.90 Å². The summed E-state index contributed by atoms with van der Waals surface area (Å²) in [5.74, 6) is -2.16. The van der Waals surface area contributed by atoms with Crippen LogP contribution in [0.5, 0.6) is 0 Å². The van der Waals surface area contributed by atoms with E-state index in [4.69, 9.17) is 19.2 Å². The monoisotopic (exact) mass is 487 g/mol. The van der Waals surface area contributed by atoms with Crippen LogP contribution >= 0.6 is 0 Å². The highest BCUT2D eigenvalue weighted by Crippen LogP contribution is 2.37. The summed E-state index contributed by atoms with van der Waals surface area (Å²) >= 11 is 0. The van der Waals surface area contributed by atoms with Gasteiger partial charge in [-0.1, -0.05) is 5.16 Å². The number of amides is 1. The van der Waals surface area contributed by atoms with Crippen molar-refractivity contribution in [3.63, 3.8) is 0 Å². The van der Waals surface area contributed by atoms with Crippen molar-refractivity contribution in [2.75, 3.05) is 37.7 Å². The molecule has 12 heteroatoms. The molecule has 4 rings (SSSR count). The standard InChI is InChI=1S/C20H24FN3O3.C2HF3O2/c1-14-18(15(2)27-22-14)10-23-7-8-26-13-20(11-23)9-19(25)24(12-20)17-5-3-16(21)4-6-17;3-2(4,5)1(6)7/h3-6H,7-13H2,1-2H3;(H,6,7). The second kappa shape index (κ2) is 10.1. The highest BCUT2D eigenvalue weighted by molar-refractivity contribution is 5.96. The van der Waals surface area contributed by atoms with Gasteiger partial charge in [0.2, 0.25) is 5.91 Å². The van der Waals surface area contributed by atoms with E-state index < -0.39 is 12.1 Å². The van der Waals surface area contributed by atoms with Crippen molar-refractivity contribution >= 4 is 17.6 Å². The molecule has 34 heavy (non-hydrogen) atoms. The molecule has 8 nitrogen and oxygen atoms in total. The van der Waals surface area contributed by atoms with Gasteiger partial charge >= 0.3 is 12.1 Å². The van der Waals surface area contributed by atoms with Gasteiger partial charge in [0.1, 0.15) is 11.6 Å². The number of carbonyl (C=O) groups excluding carboxylic acids is 1. The Hall–Kier alpha value is -2.99. The second-order valence-corrected chi connectivity index (χ2v) is 8.50. The molecular formula is C22H25F4N3O5. The average Bonchev–Trinajstić information content (AvgIpc) is 3.16. The maximum absolute atomic E-state index is 13.2. The van der Waals surface area contributed by atoms with Crippen LogP contribution in [0.4, 0.5) is 23.2 Å². The lowest BCUT2D eigenvalue weighted by Crippen LogP contribution is -2.40. The predicted molar refractivity (Wildman–Crippen MR) is 112 cm³/mol. The van der Waals surface area contributed by atoms with Gasteiger partial charge in [-0.15, -0.1) is 0 Å². The van der Waals surface area contributed by atoms with E-state index in [0.29, 0.717) is 26.2 Å². The molecule has 1 unspecified atom stereocenters. The van der Waals surface area contributed by atoms with E-state index in [0.717, 1.165) is 42.3 Å². The van der Waals surface area contributed by atoms with Crippen molar-refractivity contribution in [3.05, 3.63) is 47.1 Å². The van der Waals surface area contributed by atoms with E-state index in [-0.39, 0.29) is 17.1 Å². The number of aliphatic carboxylic acids is 1.